The number of nitrogens with zero attached hydrogens (tertiary/aromatic N) is 2. The monoisotopic (exact) mass is 200 g/mol. The summed E-state index contributed by atoms with van der Waals surface area (Å²) in [5.41, 5.74) is 2.49. The third-order valence-corrected chi connectivity index (χ3v) is 2.41. The van der Waals surface area contributed by atoms with Crippen LogP contribution < -0.4 is 0 Å². The number of aromatic nitrogens is 2. The molecule has 0 bridgehead atoms. The SMILES string of the molecule is CC(=O)c1ccc2c(C)nc(C)nc2c1. The third-order valence-electron chi connectivity index (χ3n) is 2.41. The zero-order valence-electron chi connectivity index (χ0n) is 9.03. The molecule has 0 aliphatic rings. The van der Waals surface area contributed by atoms with Crippen molar-refractivity contribution in [1.82, 2.24) is 9.97 Å². The number of aryl methyl sites for hydroxylation is 2. The lowest BCUT2D eigenvalue weighted by Crippen LogP contribution is -1.96. The van der Waals surface area contributed by atoms with Gasteiger partial charge < -0.3 is 0 Å². The average molecular weight is 200 g/mol. The zero-order valence-corrected chi connectivity index (χ0v) is 9.03. The van der Waals surface area contributed by atoms with E-state index in [2.05, 4.69) is 9.97 Å². The van der Waals surface area contributed by atoms with E-state index in [1.807, 2.05) is 32.0 Å². The lowest BCUT2D eigenvalue weighted by Gasteiger charge is -2.03. The van der Waals surface area contributed by atoms with Crippen molar-refractivity contribution in [3.05, 3.63) is 35.3 Å². The lowest BCUT2D eigenvalue weighted by molar-refractivity contribution is 0.101. The normalized spacial score (nSPS) is 10.6. The molecule has 0 amide bonds. The summed E-state index contributed by atoms with van der Waals surface area (Å²) < 4.78 is 0. The molecule has 76 valence electrons. The maximum Gasteiger partial charge on any atom is 0.159 e. The molecule has 0 aliphatic heterocycles. The lowest BCUT2D eigenvalue weighted by atomic mass is 10.1. The quantitative estimate of drug-likeness (QED) is 0.664. The summed E-state index contributed by atoms with van der Waals surface area (Å²) in [6, 6.07) is 5.54. The second-order valence-corrected chi connectivity index (χ2v) is 3.64. The summed E-state index contributed by atoms with van der Waals surface area (Å²) in [5, 5.41) is 1.01. The summed E-state index contributed by atoms with van der Waals surface area (Å²) in [5.74, 6) is 0.798. The third kappa shape index (κ3) is 1.73. The molecular formula is C12H12N2O. The Morgan fingerprint density at radius 2 is 1.93 bits per heavy atom. The number of carbonyl (C=O) groups excluding carboxylic acids is 1. The summed E-state index contributed by atoms with van der Waals surface area (Å²) in [7, 11) is 0. The van der Waals surface area contributed by atoms with Crippen LogP contribution in [-0.4, -0.2) is 15.8 Å². The van der Waals surface area contributed by atoms with Gasteiger partial charge in [-0.05, 0) is 26.8 Å². The van der Waals surface area contributed by atoms with Crippen LogP contribution in [0.1, 0.15) is 28.8 Å². The van der Waals surface area contributed by atoms with E-state index in [4.69, 9.17) is 0 Å². The van der Waals surface area contributed by atoms with Crippen molar-refractivity contribution in [2.24, 2.45) is 0 Å². The largest absolute Gasteiger partial charge is 0.295 e. The summed E-state index contributed by atoms with van der Waals surface area (Å²) in [6.07, 6.45) is 0. The minimum Gasteiger partial charge on any atom is -0.295 e. The number of ketones is 1. The maximum absolute atomic E-state index is 11.2. The minimum absolute atomic E-state index is 0.0609. The van der Waals surface area contributed by atoms with E-state index in [-0.39, 0.29) is 5.78 Å². The highest BCUT2D eigenvalue weighted by Gasteiger charge is 2.05. The number of rotatable bonds is 1. The Hall–Kier alpha value is -1.77. The smallest absolute Gasteiger partial charge is 0.159 e. The average Bonchev–Trinajstić information content (AvgIpc) is 2.16. The fraction of sp³-hybridized carbons (Fsp3) is 0.250. The van der Waals surface area contributed by atoms with E-state index in [1.165, 1.54) is 0 Å². The maximum atomic E-state index is 11.2. The molecule has 1 heterocycles. The Morgan fingerprint density at radius 3 is 2.60 bits per heavy atom. The molecule has 1 aromatic carbocycles. The minimum atomic E-state index is 0.0609. The van der Waals surface area contributed by atoms with Crippen LogP contribution in [0.15, 0.2) is 18.2 Å². The Bertz CT molecular complexity index is 547. The number of hydrogen-bond donors (Lipinski definition) is 0. The van der Waals surface area contributed by atoms with Crippen molar-refractivity contribution in [3.63, 3.8) is 0 Å². The van der Waals surface area contributed by atoms with E-state index in [0.717, 1.165) is 22.4 Å². The van der Waals surface area contributed by atoms with E-state index in [0.29, 0.717) is 5.56 Å². The van der Waals surface area contributed by atoms with Crippen molar-refractivity contribution in [2.45, 2.75) is 20.8 Å². The van der Waals surface area contributed by atoms with Crippen LogP contribution in [0.2, 0.25) is 0 Å². The molecule has 1 aromatic heterocycles. The zero-order chi connectivity index (χ0) is 11.0. The van der Waals surface area contributed by atoms with Crippen molar-refractivity contribution in [2.75, 3.05) is 0 Å². The molecule has 3 heteroatoms. The molecule has 15 heavy (non-hydrogen) atoms. The first-order valence-electron chi connectivity index (χ1n) is 4.84. The Labute approximate surface area is 88.2 Å². The van der Waals surface area contributed by atoms with Crippen LogP contribution in [0.4, 0.5) is 0 Å². The number of hydrogen-bond acceptors (Lipinski definition) is 3. The Kier molecular flexibility index (Phi) is 2.23. The van der Waals surface area contributed by atoms with Crippen molar-refractivity contribution < 1.29 is 4.79 Å². The van der Waals surface area contributed by atoms with E-state index in [1.54, 1.807) is 6.92 Å². The van der Waals surface area contributed by atoms with Gasteiger partial charge in [-0.25, -0.2) is 9.97 Å². The van der Waals surface area contributed by atoms with Gasteiger partial charge in [0.1, 0.15) is 5.82 Å². The van der Waals surface area contributed by atoms with Gasteiger partial charge in [0.2, 0.25) is 0 Å². The molecule has 0 saturated heterocycles. The summed E-state index contributed by atoms with van der Waals surface area (Å²) in [4.78, 5) is 19.8. The molecular weight excluding hydrogens is 188 g/mol. The highest BCUT2D eigenvalue weighted by molar-refractivity contribution is 5.97. The molecule has 2 rings (SSSR count). The van der Waals surface area contributed by atoms with Crippen LogP contribution in [0.25, 0.3) is 10.9 Å². The van der Waals surface area contributed by atoms with E-state index in [9.17, 15) is 4.79 Å². The molecule has 2 aromatic rings. The van der Waals surface area contributed by atoms with Gasteiger partial charge in [-0.3, -0.25) is 4.79 Å². The van der Waals surface area contributed by atoms with Crippen LogP contribution in [0, 0.1) is 13.8 Å². The molecule has 0 fully saturated rings. The topological polar surface area (TPSA) is 42.9 Å². The fourth-order valence-electron chi connectivity index (χ4n) is 1.65. The van der Waals surface area contributed by atoms with Gasteiger partial charge in [-0.15, -0.1) is 0 Å². The van der Waals surface area contributed by atoms with Crippen molar-refractivity contribution in [1.29, 1.82) is 0 Å². The Morgan fingerprint density at radius 1 is 1.20 bits per heavy atom. The summed E-state index contributed by atoms with van der Waals surface area (Å²) >= 11 is 0. The van der Waals surface area contributed by atoms with Crippen LogP contribution in [-0.2, 0) is 0 Å². The second kappa shape index (κ2) is 3.42. The predicted molar refractivity (Wildman–Crippen MR) is 59.0 cm³/mol. The highest BCUT2D eigenvalue weighted by atomic mass is 16.1. The van der Waals surface area contributed by atoms with Crippen LogP contribution in [0.3, 0.4) is 0 Å². The first-order valence-corrected chi connectivity index (χ1v) is 4.84. The van der Waals surface area contributed by atoms with E-state index >= 15 is 0 Å². The Balaban J connectivity index is 2.76. The first-order chi connectivity index (χ1) is 7.08. The van der Waals surface area contributed by atoms with Gasteiger partial charge in [0, 0.05) is 16.6 Å². The van der Waals surface area contributed by atoms with Gasteiger partial charge in [0.25, 0.3) is 0 Å². The van der Waals surface area contributed by atoms with E-state index < -0.39 is 0 Å². The molecule has 0 aliphatic carbocycles. The number of Topliss-reactive ketones (excluding diaryl/α,β-unsaturated/α-hetero) is 1. The summed E-state index contributed by atoms with van der Waals surface area (Å²) in [6.45, 7) is 5.36. The molecule has 0 spiro atoms. The van der Waals surface area contributed by atoms with Crippen molar-refractivity contribution in [3.8, 4) is 0 Å². The van der Waals surface area contributed by atoms with Gasteiger partial charge in [-0.1, -0.05) is 12.1 Å². The van der Waals surface area contributed by atoms with Crippen molar-refractivity contribution >= 4 is 16.7 Å². The van der Waals surface area contributed by atoms with Gasteiger partial charge in [-0.2, -0.15) is 0 Å². The fourth-order valence-corrected chi connectivity index (χ4v) is 1.65. The predicted octanol–water partition coefficient (Wildman–Crippen LogP) is 2.45. The molecule has 0 unspecified atom stereocenters. The highest BCUT2D eigenvalue weighted by Crippen LogP contribution is 2.17. The van der Waals surface area contributed by atoms with Gasteiger partial charge in [0.05, 0.1) is 5.52 Å². The molecule has 0 N–H and O–H groups in total. The number of carbonyl (C=O) groups is 1. The molecule has 3 nitrogen and oxygen atoms in total. The molecule has 0 saturated carbocycles. The van der Waals surface area contributed by atoms with Gasteiger partial charge >= 0.3 is 0 Å². The number of benzene rings is 1. The molecule has 0 radical (unpaired) electrons. The standard InChI is InChI=1S/C12H12N2O/c1-7-11-5-4-10(8(2)15)6-12(11)14-9(3)13-7/h4-6H,1-3H3. The molecule has 0 atom stereocenters. The van der Waals surface area contributed by atoms with Crippen LogP contribution >= 0.6 is 0 Å². The van der Waals surface area contributed by atoms with Crippen LogP contribution in [0.5, 0.6) is 0 Å². The van der Waals surface area contributed by atoms with Gasteiger partial charge in [0.15, 0.2) is 5.78 Å². The number of fused-ring (bicyclic) bond motifs is 1. The second-order valence-electron chi connectivity index (χ2n) is 3.64. The first kappa shape index (κ1) is 9.77.